The van der Waals surface area contributed by atoms with Crippen molar-refractivity contribution >= 4 is 35.8 Å². The molecule has 2 aliphatic heterocycles. The second-order valence-corrected chi connectivity index (χ2v) is 7.91. The van der Waals surface area contributed by atoms with Crippen molar-refractivity contribution in [3.05, 3.63) is 23.8 Å². The van der Waals surface area contributed by atoms with Crippen molar-refractivity contribution < 1.29 is 14.3 Å². The molecule has 174 valence electrons. The fourth-order valence-electron chi connectivity index (χ4n) is 3.90. The van der Waals surface area contributed by atoms with Crippen LogP contribution in [0.2, 0.25) is 0 Å². The van der Waals surface area contributed by atoms with Gasteiger partial charge in [-0.2, -0.15) is 0 Å². The first-order valence-electron chi connectivity index (χ1n) is 10.9. The van der Waals surface area contributed by atoms with E-state index in [1.54, 1.807) is 4.90 Å². The quantitative estimate of drug-likeness (QED) is 0.214. The molecule has 1 saturated heterocycles. The van der Waals surface area contributed by atoms with Crippen LogP contribution >= 0.6 is 24.0 Å². The highest BCUT2D eigenvalue weighted by Gasteiger charge is 2.30. The van der Waals surface area contributed by atoms with Gasteiger partial charge in [0.05, 0.1) is 6.04 Å². The van der Waals surface area contributed by atoms with Crippen LogP contribution in [-0.2, 0) is 11.2 Å². The van der Waals surface area contributed by atoms with Crippen LogP contribution < -0.4 is 20.1 Å². The standard InChI is InChI=1S/C22H35N5O3.HI/c1-4-23-22(25-12-10-17-8-9-19-20(15-17)30-16-29-19)24-11-6-14-27-13-5-7-18(27)21(28)26(2)3;/h8-9,15,18H,4-7,10-14,16H2,1-3H3,(H2,23,24,25);1H. The normalized spacial score (nSPS) is 17.9. The molecule has 1 atom stereocenters. The first-order chi connectivity index (χ1) is 14.6. The second kappa shape index (κ2) is 12.9. The van der Waals surface area contributed by atoms with Crippen molar-refractivity contribution in [3.8, 4) is 11.5 Å². The Morgan fingerprint density at radius 3 is 2.84 bits per heavy atom. The summed E-state index contributed by atoms with van der Waals surface area (Å²) < 4.78 is 10.8. The summed E-state index contributed by atoms with van der Waals surface area (Å²) in [6, 6.07) is 6.11. The van der Waals surface area contributed by atoms with Gasteiger partial charge < -0.3 is 25.0 Å². The fourth-order valence-corrected chi connectivity index (χ4v) is 3.90. The molecular formula is C22H36IN5O3. The molecule has 1 aromatic rings. The van der Waals surface area contributed by atoms with E-state index in [4.69, 9.17) is 14.5 Å². The number of carbonyl (C=O) groups is 1. The molecular weight excluding hydrogens is 509 g/mol. The maximum Gasteiger partial charge on any atom is 0.239 e. The van der Waals surface area contributed by atoms with Crippen molar-refractivity contribution in [3.63, 3.8) is 0 Å². The average Bonchev–Trinajstić information content (AvgIpc) is 3.39. The van der Waals surface area contributed by atoms with E-state index < -0.39 is 0 Å². The molecule has 2 aliphatic rings. The molecule has 1 fully saturated rings. The zero-order valence-corrected chi connectivity index (χ0v) is 21.2. The maximum absolute atomic E-state index is 12.3. The number of nitrogens with one attached hydrogen (secondary N) is 2. The third-order valence-electron chi connectivity index (χ3n) is 5.45. The number of ether oxygens (including phenoxy) is 2. The number of aliphatic imine (C=N–C) groups is 1. The zero-order chi connectivity index (χ0) is 21.3. The minimum atomic E-state index is 0. The van der Waals surface area contributed by atoms with Gasteiger partial charge in [0, 0.05) is 40.3 Å². The smallest absolute Gasteiger partial charge is 0.239 e. The summed E-state index contributed by atoms with van der Waals surface area (Å²) in [6.07, 6.45) is 3.88. The molecule has 0 spiro atoms. The van der Waals surface area contributed by atoms with Crippen LogP contribution in [0.25, 0.3) is 0 Å². The number of rotatable bonds is 9. The van der Waals surface area contributed by atoms with Gasteiger partial charge in [-0.05, 0) is 56.8 Å². The van der Waals surface area contributed by atoms with Gasteiger partial charge in [-0.25, -0.2) is 0 Å². The highest BCUT2D eigenvalue weighted by molar-refractivity contribution is 14.0. The summed E-state index contributed by atoms with van der Waals surface area (Å²) in [5, 5.41) is 6.70. The van der Waals surface area contributed by atoms with Crippen LogP contribution in [0.3, 0.4) is 0 Å². The van der Waals surface area contributed by atoms with Gasteiger partial charge in [0.25, 0.3) is 0 Å². The largest absolute Gasteiger partial charge is 0.454 e. The van der Waals surface area contributed by atoms with Crippen LogP contribution in [0.4, 0.5) is 0 Å². The van der Waals surface area contributed by atoms with Crippen molar-refractivity contribution in [1.29, 1.82) is 0 Å². The molecule has 1 unspecified atom stereocenters. The lowest BCUT2D eigenvalue weighted by atomic mass is 10.1. The number of likely N-dealkylation sites (N-methyl/N-ethyl adjacent to an activating group) is 1. The van der Waals surface area contributed by atoms with Gasteiger partial charge in [-0.15, -0.1) is 24.0 Å². The van der Waals surface area contributed by atoms with Gasteiger partial charge in [0.15, 0.2) is 17.5 Å². The number of halogens is 1. The Bertz CT molecular complexity index is 744. The first-order valence-corrected chi connectivity index (χ1v) is 10.9. The number of fused-ring (bicyclic) bond motifs is 1. The minimum absolute atomic E-state index is 0. The molecule has 9 heteroatoms. The topological polar surface area (TPSA) is 78.4 Å². The average molecular weight is 545 g/mol. The number of benzene rings is 1. The van der Waals surface area contributed by atoms with E-state index in [2.05, 4.69) is 28.5 Å². The van der Waals surface area contributed by atoms with E-state index in [9.17, 15) is 4.79 Å². The number of nitrogens with zero attached hydrogens (tertiary/aromatic N) is 3. The van der Waals surface area contributed by atoms with Gasteiger partial charge in [-0.3, -0.25) is 14.7 Å². The molecule has 2 N–H and O–H groups in total. The Labute approximate surface area is 202 Å². The number of guanidine groups is 1. The number of hydrogen-bond acceptors (Lipinski definition) is 5. The number of likely N-dealkylation sites (tertiary alicyclic amines) is 1. The fraction of sp³-hybridized carbons (Fsp3) is 0.636. The molecule has 1 aromatic carbocycles. The van der Waals surface area contributed by atoms with Crippen molar-refractivity contribution in [2.24, 2.45) is 4.99 Å². The van der Waals surface area contributed by atoms with E-state index in [-0.39, 0.29) is 35.9 Å². The van der Waals surface area contributed by atoms with Crippen molar-refractivity contribution in [1.82, 2.24) is 20.4 Å². The van der Waals surface area contributed by atoms with Gasteiger partial charge >= 0.3 is 0 Å². The lowest BCUT2D eigenvalue weighted by Crippen LogP contribution is -2.43. The summed E-state index contributed by atoms with van der Waals surface area (Å²) in [4.78, 5) is 21.0. The van der Waals surface area contributed by atoms with Crippen LogP contribution in [0.5, 0.6) is 11.5 Å². The van der Waals surface area contributed by atoms with Gasteiger partial charge in [0.2, 0.25) is 12.7 Å². The van der Waals surface area contributed by atoms with E-state index in [1.807, 2.05) is 26.2 Å². The maximum atomic E-state index is 12.3. The Balaban J connectivity index is 0.00000341. The highest BCUT2D eigenvalue weighted by atomic mass is 127. The first kappa shape index (κ1) is 25.5. The predicted molar refractivity (Wildman–Crippen MR) is 134 cm³/mol. The number of carbonyl (C=O) groups excluding carboxylic acids is 1. The predicted octanol–water partition coefficient (Wildman–Crippen LogP) is 2.07. The minimum Gasteiger partial charge on any atom is -0.454 e. The van der Waals surface area contributed by atoms with Crippen LogP contribution in [0.1, 0.15) is 31.7 Å². The summed E-state index contributed by atoms with van der Waals surface area (Å²) >= 11 is 0. The van der Waals surface area contributed by atoms with E-state index in [1.165, 1.54) is 5.56 Å². The van der Waals surface area contributed by atoms with Crippen LogP contribution in [0.15, 0.2) is 23.2 Å². The molecule has 0 aromatic heterocycles. The summed E-state index contributed by atoms with van der Waals surface area (Å²) in [5.41, 5.74) is 1.20. The third-order valence-corrected chi connectivity index (χ3v) is 5.45. The van der Waals surface area contributed by atoms with Crippen LogP contribution in [-0.4, -0.2) is 81.3 Å². The molecule has 31 heavy (non-hydrogen) atoms. The number of amides is 1. The lowest BCUT2D eigenvalue weighted by Gasteiger charge is -2.25. The molecule has 1 amide bonds. The molecule has 0 saturated carbocycles. The Morgan fingerprint density at radius 2 is 2.06 bits per heavy atom. The highest BCUT2D eigenvalue weighted by Crippen LogP contribution is 2.32. The second-order valence-electron chi connectivity index (χ2n) is 7.91. The molecule has 0 radical (unpaired) electrons. The monoisotopic (exact) mass is 545 g/mol. The molecule has 0 aliphatic carbocycles. The Hall–Kier alpha value is -1.75. The molecule has 3 rings (SSSR count). The number of hydrogen-bond donors (Lipinski definition) is 2. The Morgan fingerprint density at radius 1 is 1.26 bits per heavy atom. The van der Waals surface area contributed by atoms with E-state index in [0.29, 0.717) is 6.79 Å². The third kappa shape index (κ3) is 7.41. The van der Waals surface area contributed by atoms with Gasteiger partial charge in [-0.1, -0.05) is 6.07 Å². The summed E-state index contributed by atoms with van der Waals surface area (Å²) in [7, 11) is 3.67. The lowest BCUT2D eigenvalue weighted by molar-refractivity contribution is -0.133. The van der Waals surface area contributed by atoms with Crippen molar-refractivity contribution in [2.75, 3.05) is 53.6 Å². The van der Waals surface area contributed by atoms with E-state index in [0.717, 1.165) is 75.9 Å². The SMILES string of the molecule is CCNC(=NCCCN1CCCC1C(=O)N(C)C)NCCc1ccc2c(c1)OCO2.I. The van der Waals surface area contributed by atoms with Gasteiger partial charge in [0.1, 0.15) is 0 Å². The Kier molecular flexibility index (Phi) is 10.7. The zero-order valence-electron chi connectivity index (χ0n) is 18.9. The van der Waals surface area contributed by atoms with E-state index >= 15 is 0 Å². The summed E-state index contributed by atoms with van der Waals surface area (Å²) in [5.74, 6) is 2.69. The molecule has 2 heterocycles. The molecule has 0 bridgehead atoms. The van der Waals surface area contributed by atoms with Crippen LogP contribution in [0, 0.1) is 0 Å². The van der Waals surface area contributed by atoms with Crippen molar-refractivity contribution in [2.45, 2.75) is 38.6 Å². The molecule has 8 nitrogen and oxygen atoms in total. The summed E-state index contributed by atoms with van der Waals surface area (Å²) in [6.45, 7) is 6.62.